The van der Waals surface area contributed by atoms with E-state index >= 15 is 0 Å². The van der Waals surface area contributed by atoms with E-state index in [1.807, 2.05) is 388 Å². The average molecular weight is 2390 g/mol. The van der Waals surface area contributed by atoms with Gasteiger partial charge in [0.1, 0.15) is 11.6 Å². The maximum Gasteiger partial charge on any atom is 0.164 e. The van der Waals surface area contributed by atoms with Gasteiger partial charge in [0.15, 0.2) is 5.82 Å². The van der Waals surface area contributed by atoms with Crippen LogP contribution in [0.2, 0.25) is 0 Å². The van der Waals surface area contributed by atoms with E-state index in [-0.39, 0.29) is 80.4 Å². The van der Waals surface area contributed by atoms with Crippen LogP contribution in [-0.2, 0) is 80.4 Å². The molecule has 0 amide bonds. The van der Waals surface area contributed by atoms with Crippen LogP contribution in [0.1, 0.15) is 33.9 Å². The van der Waals surface area contributed by atoms with Crippen molar-refractivity contribution in [3.05, 3.63) is 508 Å². The third kappa shape index (κ3) is 31.9. The second-order valence-electron chi connectivity index (χ2n) is 28.5. The first kappa shape index (κ1) is 99.9. The Morgan fingerprint density at radius 1 is 0.169 bits per heavy atom. The summed E-state index contributed by atoms with van der Waals surface area (Å²) < 4.78 is 0. The molecule has 10 aromatic heterocycles. The molecule has 0 atom stereocenters. The summed E-state index contributed by atoms with van der Waals surface area (Å²) in [7, 11) is 0. The Hall–Kier alpha value is -13.8. The predicted molar refractivity (Wildman–Crippen MR) is 509 cm³/mol. The van der Waals surface area contributed by atoms with E-state index in [2.05, 4.69) is 169 Å². The summed E-state index contributed by atoms with van der Waals surface area (Å²) in [5.41, 5.74) is 28.2. The molecule has 10 aromatic carbocycles. The van der Waals surface area contributed by atoms with E-state index in [1.54, 1.807) is 18.6 Å². The molecule has 0 saturated carbocycles. The number of aryl methyl sites for hydroxylation is 6. The van der Waals surface area contributed by atoms with Gasteiger partial charge in [-0.2, -0.15) is 0 Å². The fraction of sp³-hybridized carbons (Fsp3) is 0.0526. The van der Waals surface area contributed by atoms with Gasteiger partial charge >= 0.3 is 0 Å². The number of pyridine rings is 9. The topological polar surface area (TPSA) is 155 Å². The van der Waals surface area contributed by atoms with Crippen molar-refractivity contribution in [3.63, 3.8) is 0 Å². The molecule has 0 bridgehead atoms. The molecule has 12 nitrogen and oxygen atoms in total. The summed E-state index contributed by atoms with van der Waals surface area (Å²) in [4.78, 5) is 52.1. The molecule has 0 unspecified atom stereocenters. The molecule has 4 radical (unpaired) electrons. The third-order valence-electron chi connectivity index (χ3n) is 18.9. The molecule has 0 aliphatic carbocycles. The largest absolute Gasteiger partial charge is 0.305 e. The number of rotatable bonds is 12. The molecule has 16 heteroatoms. The summed E-state index contributed by atoms with van der Waals surface area (Å²) in [6.07, 6.45) is 16.6. The Morgan fingerprint density at radius 3 is 0.677 bits per heavy atom. The van der Waals surface area contributed by atoms with Gasteiger partial charge < -0.3 is 39.9 Å². The monoisotopic (exact) mass is 2400 g/mol. The fourth-order valence-electron chi connectivity index (χ4n) is 12.4. The van der Waals surface area contributed by atoms with Crippen molar-refractivity contribution < 1.29 is 80.4 Å². The number of aromatic nitrogens is 12. The minimum Gasteiger partial charge on any atom is -0.305 e. The molecule has 130 heavy (non-hydrogen) atoms. The van der Waals surface area contributed by atoms with Crippen molar-refractivity contribution in [1.82, 2.24) is 59.8 Å². The van der Waals surface area contributed by atoms with E-state index < -0.39 is 0 Å². The zero-order valence-electron chi connectivity index (χ0n) is 72.1. The van der Waals surface area contributed by atoms with Gasteiger partial charge in [-0.05, 0) is 167 Å². The van der Waals surface area contributed by atoms with Crippen molar-refractivity contribution >= 4 is 0 Å². The van der Waals surface area contributed by atoms with Crippen LogP contribution in [0.25, 0.3) is 135 Å². The van der Waals surface area contributed by atoms with Gasteiger partial charge in [-0.3, -0.25) is 4.98 Å². The van der Waals surface area contributed by atoms with Crippen LogP contribution in [0.4, 0.5) is 0 Å². The van der Waals surface area contributed by atoms with E-state index in [1.165, 1.54) is 44.5 Å². The van der Waals surface area contributed by atoms with Crippen molar-refractivity contribution in [1.29, 1.82) is 0 Å². The van der Waals surface area contributed by atoms with Gasteiger partial charge in [-0.15, -0.1) is 287 Å². The first-order chi connectivity index (χ1) is 62.0. The smallest absolute Gasteiger partial charge is 0.164 e. The second kappa shape index (κ2) is 54.4. The van der Waals surface area contributed by atoms with Crippen LogP contribution in [0.5, 0.6) is 0 Å². The molecule has 648 valence electrons. The normalized spacial score (nSPS) is 9.83. The molecule has 20 rings (SSSR count). The van der Waals surface area contributed by atoms with Crippen LogP contribution < -0.4 is 0 Å². The van der Waals surface area contributed by atoms with Crippen LogP contribution in [-0.4, -0.2) is 59.8 Å². The zero-order chi connectivity index (χ0) is 87.0. The number of benzene rings is 10. The number of hydrogen-bond acceptors (Lipinski definition) is 12. The zero-order valence-corrected chi connectivity index (χ0v) is 81.7. The Balaban J connectivity index is 0.000000168. The summed E-state index contributed by atoms with van der Waals surface area (Å²) in [5.74, 6) is 2.09. The third-order valence-corrected chi connectivity index (χ3v) is 18.9. The minimum atomic E-state index is 0. The van der Waals surface area contributed by atoms with Crippen LogP contribution in [0.3, 0.4) is 0 Å². The molecule has 0 spiro atoms. The standard InChI is InChI=1S/2C17H12N.C16H13N4.C16H11N2.4C12H10N.4Ir/c2*1-3-7-14(8-4-1)16-11-12-18-17(13-16)15-9-5-2-6-10-15;1-11-18-12(2)20-16(19-11)14-8-9-15(17-10-14)13-6-4-3-5-7-13;1-2-6-13(7-3-1)16-12-14(9-11-18-16)15-8-4-5-10-17-15;4*1-10-7-8-12(13-9-10)11-5-3-2-4-6-11;;;;/h2*1-9,11-13H;3-6,8-10H,1-2H3;1-6,8-12H;4*2-5,7-9H,1H3;;;;/q8*-1;;;;. The fourth-order valence-corrected chi connectivity index (χ4v) is 12.4. The molecule has 0 aliphatic heterocycles. The Kier molecular flexibility index (Phi) is 41.8. The molecule has 10 heterocycles. The van der Waals surface area contributed by atoms with Crippen molar-refractivity contribution in [2.45, 2.75) is 41.5 Å². The number of hydrogen-bond donors (Lipinski definition) is 0. The summed E-state index contributed by atoms with van der Waals surface area (Å²) >= 11 is 0. The van der Waals surface area contributed by atoms with Gasteiger partial charge in [-0.25, -0.2) is 15.0 Å². The van der Waals surface area contributed by atoms with Gasteiger partial charge in [0.05, 0.1) is 5.69 Å². The predicted octanol–water partition coefficient (Wildman–Crippen LogP) is 26.5. The average Bonchev–Trinajstić information content (AvgIpc) is 0.834. The molecular formula is C114H88Ir4N12-8. The molecule has 0 aliphatic rings. The SMILES string of the molecule is Cc1ccc(-c2[c-]cccc2)nc1.Cc1ccc(-c2[c-]cccc2)nc1.Cc1ccc(-c2[c-]cccc2)nc1.Cc1ccc(-c2[c-]cccc2)nc1.Cc1nc(C)nc(-c2ccc(-c3[c-]cccc3)nc2)n1.[Ir].[Ir].[Ir].[Ir].[c-]1ccccc1-c1cc(-c2ccccc2)ccn1.[c-]1ccccc1-c1cc(-c2ccccc2)ccn1.[c-]1ccccc1-c1cc(-c2ccccn2)ccn1. The van der Waals surface area contributed by atoms with Crippen LogP contribution in [0.15, 0.2) is 426 Å². The summed E-state index contributed by atoms with van der Waals surface area (Å²) in [6.45, 7) is 11.9. The quantitative estimate of drug-likeness (QED) is 0.107. The van der Waals surface area contributed by atoms with Crippen molar-refractivity contribution in [2.75, 3.05) is 0 Å². The Bertz CT molecular complexity index is 5760. The maximum absolute atomic E-state index is 4.45. The molecular weight excluding hydrogens is 2310 g/mol. The van der Waals surface area contributed by atoms with E-state index in [4.69, 9.17) is 0 Å². The molecule has 0 saturated heterocycles. The minimum absolute atomic E-state index is 0. The molecule has 0 N–H and O–H groups in total. The van der Waals surface area contributed by atoms with Gasteiger partial charge in [-0.1, -0.05) is 146 Å². The van der Waals surface area contributed by atoms with Gasteiger partial charge in [0.25, 0.3) is 0 Å². The first-order valence-electron chi connectivity index (χ1n) is 41.0. The van der Waals surface area contributed by atoms with Gasteiger partial charge in [0, 0.05) is 142 Å². The molecule has 0 fully saturated rings. The Morgan fingerprint density at radius 2 is 0.423 bits per heavy atom. The second-order valence-corrected chi connectivity index (χ2v) is 28.5. The van der Waals surface area contributed by atoms with Crippen molar-refractivity contribution in [2.24, 2.45) is 0 Å². The van der Waals surface area contributed by atoms with Crippen LogP contribution >= 0.6 is 0 Å². The summed E-state index contributed by atoms with van der Waals surface area (Å²) in [5, 5.41) is 0. The van der Waals surface area contributed by atoms with E-state index in [9.17, 15) is 0 Å². The Labute approximate surface area is 817 Å². The van der Waals surface area contributed by atoms with E-state index in [0.29, 0.717) is 17.5 Å². The summed E-state index contributed by atoms with van der Waals surface area (Å²) in [6, 6.07) is 147. The number of nitrogens with zero attached hydrogens (tertiary/aromatic N) is 12. The molecule has 20 aromatic rings. The van der Waals surface area contributed by atoms with Crippen LogP contribution in [0, 0.1) is 90.1 Å². The maximum atomic E-state index is 4.45. The van der Waals surface area contributed by atoms with Crippen molar-refractivity contribution in [3.8, 4) is 135 Å². The van der Waals surface area contributed by atoms with E-state index in [0.717, 1.165) is 107 Å². The van der Waals surface area contributed by atoms with Gasteiger partial charge in [0.2, 0.25) is 0 Å². The first-order valence-corrected chi connectivity index (χ1v) is 41.0.